The topological polar surface area (TPSA) is 266 Å². The minimum Gasteiger partial charge on any atom is -0.504 e. The van der Waals surface area contributed by atoms with Gasteiger partial charge in [-0.15, -0.1) is 10.2 Å². The maximum Gasteiger partial charge on any atom is 0.337 e. The van der Waals surface area contributed by atoms with Gasteiger partial charge in [0.15, 0.2) is 5.75 Å². The highest BCUT2D eigenvalue weighted by Crippen LogP contribution is 2.39. The molecule has 17 nitrogen and oxygen atoms in total. The first kappa shape index (κ1) is 32.1. The molecular formula is C23H16Cl2N8O9S2. The first-order valence-corrected chi connectivity index (χ1v) is 15.1. The third-order valence-electron chi connectivity index (χ3n) is 5.27. The Hall–Kier alpha value is -4.79. The molecule has 4 aromatic rings. The van der Waals surface area contributed by atoms with E-state index in [-0.39, 0.29) is 39.3 Å². The minimum absolute atomic E-state index is 0.268. The van der Waals surface area contributed by atoms with Crippen LogP contribution in [0.1, 0.15) is 15.9 Å². The zero-order chi connectivity index (χ0) is 32.2. The second-order valence-electron chi connectivity index (χ2n) is 8.24. The summed E-state index contributed by atoms with van der Waals surface area (Å²) in [7, 11) is -9.58. The summed E-state index contributed by atoms with van der Waals surface area (Å²) in [5.41, 5.74) is 0.969. The zero-order valence-corrected chi connectivity index (χ0v) is 24.5. The molecule has 0 radical (unpaired) electrons. The van der Waals surface area contributed by atoms with Crippen LogP contribution in [0.25, 0.3) is 0 Å². The SMILES string of the molecule is O=C(O)c1ccc(S(=O)(=O)O)cc1NN=C(N=Nc1cc(S(=O)(=O)O)cc(Nc2nc(Cl)nc(Cl)n2)c1O)c1ccccc1. The number of hydrogen-bond donors (Lipinski definition) is 6. The summed E-state index contributed by atoms with van der Waals surface area (Å²) in [4.78, 5) is 21.4. The fraction of sp³-hybridized carbons (Fsp3) is 0. The van der Waals surface area contributed by atoms with Crippen molar-refractivity contribution in [3.8, 4) is 5.75 Å². The quantitative estimate of drug-likeness (QED) is 0.0357. The van der Waals surface area contributed by atoms with Crippen molar-refractivity contribution in [2.24, 2.45) is 15.3 Å². The maximum atomic E-state index is 12.0. The van der Waals surface area contributed by atoms with Crippen LogP contribution in [0.3, 0.4) is 0 Å². The van der Waals surface area contributed by atoms with Crippen LogP contribution in [0.15, 0.2) is 85.8 Å². The number of carboxylic acids is 1. The number of benzene rings is 3. The van der Waals surface area contributed by atoms with Gasteiger partial charge in [-0.2, -0.15) is 36.9 Å². The number of rotatable bonds is 9. The van der Waals surface area contributed by atoms with Crippen LogP contribution in [0.4, 0.5) is 23.0 Å². The summed E-state index contributed by atoms with van der Waals surface area (Å²) in [6.45, 7) is 0. The van der Waals surface area contributed by atoms with Gasteiger partial charge in [-0.25, -0.2) is 4.79 Å². The highest BCUT2D eigenvalue weighted by atomic mass is 35.5. The molecule has 1 heterocycles. The summed E-state index contributed by atoms with van der Waals surface area (Å²) < 4.78 is 66.1. The number of aromatic hydroxyl groups is 1. The maximum absolute atomic E-state index is 12.0. The number of aromatic nitrogens is 3. The number of nitrogens with zero attached hydrogens (tertiary/aromatic N) is 6. The number of phenols is 1. The first-order chi connectivity index (χ1) is 20.6. The predicted molar refractivity (Wildman–Crippen MR) is 155 cm³/mol. The van der Waals surface area contributed by atoms with Crippen molar-refractivity contribution in [1.82, 2.24) is 15.0 Å². The zero-order valence-electron chi connectivity index (χ0n) is 21.4. The molecule has 0 saturated heterocycles. The Morgan fingerprint density at radius 2 is 1.43 bits per heavy atom. The Bertz CT molecular complexity index is 2030. The lowest BCUT2D eigenvalue weighted by Gasteiger charge is -2.11. The van der Waals surface area contributed by atoms with Gasteiger partial charge in [0.05, 0.1) is 26.7 Å². The molecule has 0 spiro atoms. The Morgan fingerprint density at radius 3 is 2.02 bits per heavy atom. The van der Waals surface area contributed by atoms with Crippen LogP contribution in [0.2, 0.25) is 10.6 Å². The fourth-order valence-corrected chi connectivity index (χ4v) is 4.72. The Kier molecular flexibility index (Phi) is 9.37. The van der Waals surface area contributed by atoms with Crippen LogP contribution < -0.4 is 10.7 Å². The molecule has 3 aromatic carbocycles. The molecule has 0 saturated carbocycles. The molecular weight excluding hydrogens is 667 g/mol. The van der Waals surface area contributed by atoms with E-state index in [2.05, 4.69) is 41.0 Å². The van der Waals surface area contributed by atoms with Crippen LogP contribution >= 0.6 is 23.2 Å². The van der Waals surface area contributed by atoms with Gasteiger partial charge in [0.2, 0.25) is 22.4 Å². The summed E-state index contributed by atoms with van der Waals surface area (Å²) in [6.07, 6.45) is 0. The molecule has 44 heavy (non-hydrogen) atoms. The van der Waals surface area contributed by atoms with Gasteiger partial charge in [-0.3, -0.25) is 14.5 Å². The lowest BCUT2D eigenvalue weighted by molar-refractivity contribution is 0.0697. The highest BCUT2D eigenvalue weighted by Gasteiger charge is 2.20. The normalized spacial score (nSPS) is 12.3. The highest BCUT2D eigenvalue weighted by molar-refractivity contribution is 7.86. The first-order valence-electron chi connectivity index (χ1n) is 11.5. The molecule has 0 bridgehead atoms. The number of nitrogens with one attached hydrogen (secondary N) is 2. The lowest BCUT2D eigenvalue weighted by atomic mass is 10.2. The van der Waals surface area contributed by atoms with Gasteiger partial charge in [0, 0.05) is 5.56 Å². The van der Waals surface area contributed by atoms with E-state index >= 15 is 0 Å². The van der Waals surface area contributed by atoms with Crippen molar-refractivity contribution < 1.29 is 40.9 Å². The molecule has 6 N–H and O–H groups in total. The molecule has 0 aliphatic carbocycles. The van der Waals surface area contributed by atoms with Crippen molar-refractivity contribution in [2.75, 3.05) is 10.7 Å². The largest absolute Gasteiger partial charge is 0.504 e. The number of halogens is 2. The number of amidine groups is 1. The third kappa shape index (κ3) is 7.98. The molecule has 4 rings (SSSR count). The molecule has 1 aromatic heterocycles. The summed E-state index contributed by atoms with van der Waals surface area (Å²) >= 11 is 11.5. The molecule has 0 aliphatic heterocycles. The van der Waals surface area contributed by atoms with Crippen molar-refractivity contribution in [2.45, 2.75) is 9.79 Å². The van der Waals surface area contributed by atoms with E-state index < -0.39 is 53.0 Å². The molecule has 21 heteroatoms. The van der Waals surface area contributed by atoms with Crippen LogP contribution in [0, 0.1) is 0 Å². The number of hydrazone groups is 1. The summed E-state index contributed by atoms with van der Waals surface area (Å²) in [5.74, 6) is -2.75. The van der Waals surface area contributed by atoms with Gasteiger partial charge in [-0.05, 0) is 53.5 Å². The summed E-state index contributed by atoms with van der Waals surface area (Å²) in [5, 5.41) is 34.0. The number of carbonyl (C=O) groups is 1. The third-order valence-corrected chi connectivity index (χ3v) is 7.29. The Labute approximate surface area is 257 Å². The molecule has 0 unspecified atom stereocenters. The number of phenolic OH excluding ortho intramolecular Hbond substituents is 1. The lowest BCUT2D eigenvalue weighted by Crippen LogP contribution is -2.07. The Balaban J connectivity index is 1.81. The molecule has 0 aliphatic rings. The van der Waals surface area contributed by atoms with Gasteiger partial charge in [0.25, 0.3) is 20.2 Å². The van der Waals surface area contributed by atoms with Gasteiger partial charge in [-0.1, -0.05) is 30.3 Å². The smallest absolute Gasteiger partial charge is 0.337 e. The molecule has 0 atom stereocenters. The van der Waals surface area contributed by atoms with Gasteiger partial charge in [0.1, 0.15) is 5.69 Å². The number of carboxylic acid groups (broad SMARTS) is 1. The second kappa shape index (κ2) is 12.8. The van der Waals surface area contributed by atoms with Crippen molar-refractivity contribution >= 4 is 78.3 Å². The average molecular weight is 683 g/mol. The average Bonchev–Trinajstić information content (AvgIpc) is 2.93. The van der Waals surface area contributed by atoms with Crippen LogP contribution in [-0.4, -0.2) is 62.9 Å². The van der Waals surface area contributed by atoms with E-state index in [4.69, 9.17) is 23.2 Å². The monoisotopic (exact) mass is 682 g/mol. The van der Waals surface area contributed by atoms with Crippen molar-refractivity contribution in [3.05, 3.63) is 82.4 Å². The van der Waals surface area contributed by atoms with E-state index in [0.29, 0.717) is 0 Å². The van der Waals surface area contributed by atoms with E-state index in [1.807, 2.05) is 0 Å². The van der Waals surface area contributed by atoms with E-state index in [1.165, 1.54) is 12.1 Å². The van der Waals surface area contributed by atoms with Crippen LogP contribution in [0.5, 0.6) is 5.75 Å². The van der Waals surface area contributed by atoms with Crippen molar-refractivity contribution in [3.63, 3.8) is 0 Å². The van der Waals surface area contributed by atoms with Gasteiger partial charge < -0.3 is 15.5 Å². The van der Waals surface area contributed by atoms with E-state index in [1.54, 1.807) is 18.2 Å². The number of azo groups is 1. The summed E-state index contributed by atoms with van der Waals surface area (Å²) in [6, 6.07) is 12.1. The van der Waals surface area contributed by atoms with Crippen molar-refractivity contribution in [1.29, 1.82) is 0 Å². The second-order valence-corrected chi connectivity index (χ2v) is 11.8. The predicted octanol–water partition coefficient (Wildman–Crippen LogP) is 4.38. The molecule has 0 amide bonds. The van der Waals surface area contributed by atoms with Crippen LogP contribution in [-0.2, 0) is 20.2 Å². The fourth-order valence-electron chi connectivity index (χ4n) is 3.33. The Morgan fingerprint density at radius 1 is 0.818 bits per heavy atom. The minimum atomic E-state index is -4.87. The number of hydrogen-bond acceptors (Lipinski definition) is 13. The number of aromatic carboxylic acids is 1. The van der Waals surface area contributed by atoms with Gasteiger partial charge >= 0.3 is 5.97 Å². The molecule has 228 valence electrons. The molecule has 0 fully saturated rings. The standard InChI is InChI=1S/C23H16Cl2N8O9S2/c24-21-27-22(25)29-23(28-21)26-16-9-13(44(40,41)42)10-17(18(16)34)31-33-19(11-4-2-1-3-5-11)32-30-15-8-12(43(37,38)39)6-7-14(15)20(35)36/h1-10,30,34H,(H,35,36)(H,37,38,39)(H,40,41,42)(H,26,27,28,29). The number of anilines is 3. The van der Waals surface area contributed by atoms with E-state index in [9.17, 15) is 40.9 Å². The van der Waals surface area contributed by atoms with E-state index in [0.717, 1.165) is 30.3 Å².